The maximum absolute atomic E-state index is 9.48. The molecular formula is ClNO4S. The highest BCUT2D eigenvalue weighted by atomic mass is 35.7. The summed E-state index contributed by atoms with van der Waals surface area (Å²) in [4.78, 5) is 8.88. The fourth-order valence-electron chi connectivity index (χ4n) is 0.0363. The average molecular weight is 146 g/mol. The zero-order valence-electron chi connectivity index (χ0n) is 2.87. The maximum atomic E-state index is 9.48. The lowest BCUT2D eigenvalue weighted by molar-refractivity contribution is 0.344. The first-order chi connectivity index (χ1) is 3.06. The lowest BCUT2D eigenvalue weighted by Gasteiger charge is -1.78. The first-order valence-electron chi connectivity index (χ1n) is 1.02. The molecule has 0 bridgehead atoms. The molecule has 7 heteroatoms. The molecule has 0 amide bonds. The molecule has 0 aromatic heterocycles. The van der Waals surface area contributed by atoms with Crippen LogP contribution in [0.1, 0.15) is 0 Å². The van der Waals surface area contributed by atoms with E-state index in [0.29, 0.717) is 0 Å². The van der Waals surface area contributed by atoms with Crippen molar-refractivity contribution in [3.05, 3.63) is 4.91 Å². The number of hydrogen-bond acceptors (Lipinski definition) is 5. The zero-order chi connectivity index (χ0) is 5.91. The molecule has 42 valence electrons. The van der Waals surface area contributed by atoms with Crippen LogP contribution in [0.15, 0.2) is 5.34 Å². The van der Waals surface area contributed by atoms with E-state index >= 15 is 0 Å². The Morgan fingerprint density at radius 3 is 2.00 bits per heavy atom. The molecule has 0 spiro atoms. The van der Waals surface area contributed by atoms with Crippen LogP contribution in [0.25, 0.3) is 0 Å². The van der Waals surface area contributed by atoms with Crippen LogP contribution in [-0.2, 0) is 13.6 Å². The van der Waals surface area contributed by atoms with E-state index in [-0.39, 0.29) is 0 Å². The molecule has 0 heterocycles. The van der Waals surface area contributed by atoms with Crippen molar-refractivity contribution in [1.29, 1.82) is 0 Å². The van der Waals surface area contributed by atoms with Gasteiger partial charge in [0.25, 0.3) is 0 Å². The third kappa shape index (κ3) is 5.64. The van der Waals surface area contributed by atoms with E-state index in [1.54, 1.807) is 0 Å². The zero-order valence-corrected chi connectivity index (χ0v) is 4.44. The molecule has 0 saturated carbocycles. The van der Waals surface area contributed by atoms with Crippen molar-refractivity contribution in [2.45, 2.75) is 0 Å². The van der Waals surface area contributed by atoms with Crippen LogP contribution in [0.2, 0.25) is 0 Å². The molecule has 5 nitrogen and oxygen atoms in total. The second kappa shape index (κ2) is 2.08. The Morgan fingerprint density at radius 2 is 2.00 bits per heavy atom. The van der Waals surface area contributed by atoms with Crippen LogP contribution in [-0.4, -0.2) is 8.42 Å². The highest BCUT2D eigenvalue weighted by Gasteiger charge is 2.02. The third-order valence-electron chi connectivity index (χ3n) is 0.119. The molecule has 0 aliphatic heterocycles. The third-order valence-corrected chi connectivity index (χ3v) is 0.527. The van der Waals surface area contributed by atoms with Gasteiger partial charge in [0, 0.05) is 0 Å². The fraction of sp³-hybridized carbons (Fsp3) is 0. The summed E-state index contributed by atoms with van der Waals surface area (Å²) in [6.45, 7) is 0. The molecule has 0 rings (SSSR count). The Balaban J connectivity index is 3.84. The molecule has 0 saturated heterocycles. The Kier molecular flexibility index (Phi) is 1.97. The summed E-state index contributed by atoms with van der Waals surface area (Å²) in [5, 5.41) is 1.54. The first-order valence-corrected chi connectivity index (χ1v) is 3.25. The SMILES string of the molecule is O=NOS(=O)(=O)Cl. The highest BCUT2D eigenvalue weighted by molar-refractivity contribution is 8.09. The first kappa shape index (κ1) is 6.64. The Hall–Kier alpha value is -0.360. The Morgan fingerprint density at radius 1 is 1.57 bits per heavy atom. The van der Waals surface area contributed by atoms with E-state index in [9.17, 15) is 8.42 Å². The summed E-state index contributed by atoms with van der Waals surface area (Å²) < 4.78 is 22.0. The van der Waals surface area contributed by atoms with E-state index in [1.807, 2.05) is 0 Å². The molecule has 0 aromatic carbocycles. The van der Waals surface area contributed by atoms with Crippen LogP contribution in [0.5, 0.6) is 0 Å². The second-order valence-electron chi connectivity index (χ2n) is 0.542. The molecule has 0 N–H and O–H groups in total. The van der Waals surface area contributed by atoms with E-state index in [1.165, 1.54) is 5.34 Å². The molecule has 0 fully saturated rings. The van der Waals surface area contributed by atoms with Crippen molar-refractivity contribution < 1.29 is 12.7 Å². The van der Waals surface area contributed by atoms with Gasteiger partial charge in [0.15, 0.2) is 5.34 Å². The van der Waals surface area contributed by atoms with Crippen LogP contribution in [0.3, 0.4) is 0 Å². The van der Waals surface area contributed by atoms with Crippen molar-refractivity contribution >= 4 is 20.0 Å². The summed E-state index contributed by atoms with van der Waals surface area (Å²) in [5.74, 6) is 0. The van der Waals surface area contributed by atoms with Gasteiger partial charge in [-0.3, -0.25) is 0 Å². The summed E-state index contributed by atoms with van der Waals surface area (Å²) in [5.41, 5.74) is 0. The molecule has 7 heavy (non-hydrogen) atoms. The molecule has 0 aliphatic rings. The molecule has 0 atom stereocenters. The maximum Gasteiger partial charge on any atom is 0.423 e. The van der Waals surface area contributed by atoms with Gasteiger partial charge in [-0.25, -0.2) is 4.28 Å². The number of halogens is 1. The standard InChI is InChI=1S/ClNO4S/c1-7(4,5)6-2-3. The molecule has 0 unspecified atom stereocenters. The minimum atomic E-state index is -4.18. The lowest BCUT2D eigenvalue weighted by atomic mass is 13.4. The highest BCUT2D eigenvalue weighted by Crippen LogP contribution is 1.96. The largest absolute Gasteiger partial charge is 0.423 e. The van der Waals surface area contributed by atoms with Crippen LogP contribution in [0, 0.1) is 4.91 Å². The second-order valence-corrected chi connectivity index (χ2v) is 2.61. The van der Waals surface area contributed by atoms with Gasteiger partial charge < -0.3 is 0 Å². The average Bonchev–Trinajstić information content (AvgIpc) is 1.30. The van der Waals surface area contributed by atoms with Gasteiger partial charge in [-0.05, 0) is 0 Å². The number of nitrogens with zero attached hydrogens (tertiary/aromatic N) is 1. The molecular weight excluding hydrogens is 146 g/mol. The summed E-state index contributed by atoms with van der Waals surface area (Å²) >= 11 is 0. The predicted octanol–water partition coefficient (Wildman–Crippen LogP) is 0.168. The quantitative estimate of drug-likeness (QED) is 0.315. The van der Waals surface area contributed by atoms with E-state index in [0.717, 1.165) is 0 Å². The fourth-order valence-corrected chi connectivity index (χ4v) is 0.178. The van der Waals surface area contributed by atoms with Crippen molar-refractivity contribution in [2.24, 2.45) is 5.34 Å². The Bertz CT molecular complexity index is 145. The minimum Gasteiger partial charge on any atom is -0.219 e. The van der Waals surface area contributed by atoms with Crippen LogP contribution >= 0.6 is 10.7 Å². The molecule has 0 aromatic rings. The number of rotatable bonds is 2. The smallest absolute Gasteiger partial charge is 0.219 e. The van der Waals surface area contributed by atoms with Gasteiger partial charge in [-0.15, -0.1) is 4.91 Å². The predicted molar refractivity (Wildman–Crippen MR) is 21.7 cm³/mol. The van der Waals surface area contributed by atoms with Gasteiger partial charge in [-0.1, -0.05) is 0 Å². The van der Waals surface area contributed by atoms with Crippen molar-refractivity contribution in [2.75, 3.05) is 0 Å². The number of hydrogen-bond donors (Lipinski definition) is 0. The van der Waals surface area contributed by atoms with Gasteiger partial charge in [0.1, 0.15) is 0 Å². The van der Waals surface area contributed by atoms with Gasteiger partial charge in [0.2, 0.25) is 0 Å². The van der Waals surface area contributed by atoms with Crippen LogP contribution < -0.4 is 0 Å². The minimum absolute atomic E-state index is 1.54. The summed E-state index contributed by atoms with van der Waals surface area (Å²) in [7, 11) is 0.108. The lowest BCUT2D eigenvalue weighted by Crippen LogP contribution is -1.86. The summed E-state index contributed by atoms with van der Waals surface area (Å²) in [6, 6.07) is 0. The van der Waals surface area contributed by atoms with Gasteiger partial charge in [-0.2, -0.15) is 8.42 Å². The normalized spacial score (nSPS) is 10.4. The van der Waals surface area contributed by atoms with Crippen molar-refractivity contribution in [1.82, 2.24) is 0 Å². The van der Waals surface area contributed by atoms with E-state index in [2.05, 4.69) is 15.0 Å². The van der Waals surface area contributed by atoms with Crippen molar-refractivity contribution in [3.8, 4) is 0 Å². The monoisotopic (exact) mass is 145 g/mol. The van der Waals surface area contributed by atoms with Crippen molar-refractivity contribution in [3.63, 3.8) is 0 Å². The topological polar surface area (TPSA) is 72.8 Å². The Labute approximate surface area is 43.8 Å². The summed E-state index contributed by atoms with van der Waals surface area (Å²) in [6.07, 6.45) is 0. The van der Waals surface area contributed by atoms with Gasteiger partial charge >= 0.3 is 9.33 Å². The molecule has 0 radical (unpaired) electrons. The van der Waals surface area contributed by atoms with Crippen LogP contribution in [0.4, 0.5) is 0 Å². The van der Waals surface area contributed by atoms with E-state index in [4.69, 9.17) is 4.91 Å². The molecule has 0 aliphatic carbocycles. The van der Waals surface area contributed by atoms with E-state index < -0.39 is 9.33 Å². The van der Waals surface area contributed by atoms with Gasteiger partial charge in [0.05, 0.1) is 10.7 Å².